The fourth-order valence-corrected chi connectivity index (χ4v) is 1.72. The molecule has 0 atom stereocenters. The Morgan fingerprint density at radius 2 is 1.56 bits per heavy atom. The van der Waals surface area contributed by atoms with E-state index >= 15 is 0 Å². The van der Waals surface area contributed by atoms with E-state index in [0.717, 1.165) is 11.4 Å². The highest BCUT2D eigenvalue weighted by molar-refractivity contribution is 5.66. The van der Waals surface area contributed by atoms with Crippen molar-refractivity contribution in [3.8, 4) is 0 Å². The first-order valence-electron chi connectivity index (χ1n) is 5.33. The predicted octanol–water partition coefficient (Wildman–Crippen LogP) is 3.35. The predicted molar refractivity (Wildman–Crippen MR) is 70.1 cm³/mol. The highest BCUT2D eigenvalue weighted by atomic mass is 15.1. The first kappa shape index (κ1) is 10.6. The number of nitrogens with two attached hydrogens (primary N) is 1. The highest BCUT2D eigenvalue weighted by Gasteiger charge is 2.03. The van der Waals surface area contributed by atoms with Gasteiger partial charge in [-0.1, -0.05) is 18.2 Å². The van der Waals surface area contributed by atoms with Crippen molar-refractivity contribution in [2.75, 3.05) is 17.7 Å². The minimum atomic E-state index is 0.789. The van der Waals surface area contributed by atoms with Crippen molar-refractivity contribution in [2.45, 2.75) is 6.92 Å². The zero-order valence-corrected chi connectivity index (χ0v) is 9.64. The summed E-state index contributed by atoms with van der Waals surface area (Å²) in [6.45, 7) is 2.09. The van der Waals surface area contributed by atoms with Gasteiger partial charge in [0.25, 0.3) is 0 Å². The number of nitrogen functional groups attached to an aromatic ring is 1. The van der Waals surface area contributed by atoms with Crippen LogP contribution in [0.25, 0.3) is 0 Å². The van der Waals surface area contributed by atoms with Gasteiger partial charge in [-0.3, -0.25) is 0 Å². The maximum atomic E-state index is 5.78. The molecule has 0 amide bonds. The fraction of sp³-hybridized carbons (Fsp3) is 0.143. The number of nitrogens with zero attached hydrogens (tertiary/aromatic N) is 1. The van der Waals surface area contributed by atoms with Crippen molar-refractivity contribution in [2.24, 2.45) is 0 Å². The first-order chi connectivity index (χ1) is 7.66. The van der Waals surface area contributed by atoms with E-state index in [-0.39, 0.29) is 0 Å². The van der Waals surface area contributed by atoms with E-state index in [2.05, 4.69) is 42.2 Å². The van der Waals surface area contributed by atoms with Crippen LogP contribution in [0, 0.1) is 6.92 Å². The maximum absolute atomic E-state index is 5.78. The molecule has 0 heterocycles. The summed E-state index contributed by atoms with van der Waals surface area (Å²) in [4.78, 5) is 2.13. The third kappa shape index (κ3) is 2.16. The lowest BCUT2D eigenvalue weighted by atomic mass is 10.2. The second-order valence-electron chi connectivity index (χ2n) is 3.99. The van der Waals surface area contributed by atoms with Crippen molar-refractivity contribution in [1.82, 2.24) is 0 Å². The molecule has 16 heavy (non-hydrogen) atoms. The van der Waals surface area contributed by atoms with Crippen LogP contribution in [0.2, 0.25) is 0 Å². The topological polar surface area (TPSA) is 29.3 Å². The van der Waals surface area contributed by atoms with Gasteiger partial charge in [0.05, 0.1) is 0 Å². The average molecular weight is 212 g/mol. The molecule has 0 bridgehead atoms. The van der Waals surface area contributed by atoms with Crippen molar-refractivity contribution in [3.63, 3.8) is 0 Å². The Labute approximate surface area is 96.3 Å². The summed E-state index contributed by atoms with van der Waals surface area (Å²) in [5.74, 6) is 0. The molecule has 0 aliphatic carbocycles. The van der Waals surface area contributed by atoms with Crippen LogP contribution in [-0.2, 0) is 0 Å². The van der Waals surface area contributed by atoms with Gasteiger partial charge in [0.1, 0.15) is 0 Å². The number of benzene rings is 2. The number of hydrogen-bond acceptors (Lipinski definition) is 2. The van der Waals surface area contributed by atoms with E-state index in [1.54, 1.807) is 0 Å². The minimum absolute atomic E-state index is 0.789. The van der Waals surface area contributed by atoms with E-state index in [1.807, 2.05) is 25.2 Å². The van der Waals surface area contributed by atoms with Gasteiger partial charge in [-0.2, -0.15) is 0 Å². The summed E-state index contributed by atoms with van der Waals surface area (Å²) < 4.78 is 0. The molecule has 0 saturated heterocycles. The summed E-state index contributed by atoms with van der Waals surface area (Å²) in [6, 6.07) is 16.3. The molecule has 0 saturated carbocycles. The monoisotopic (exact) mass is 212 g/mol. The van der Waals surface area contributed by atoms with E-state index in [1.165, 1.54) is 11.3 Å². The van der Waals surface area contributed by atoms with Crippen molar-refractivity contribution >= 4 is 17.1 Å². The van der Waals surface area contributed by atoms with E-state index in [4.69, 9.17) is 5.73 Å². The van der Waals surface area contributed by atoms with Crippen molar-refractivity contribution < 1.29 is 0 Å². The molecule has 0 aromatic heterocycles. The SMILES string of the molecule is Cc1cccc(N(C)c2cccc(N)c2)c1. The van der Waals surface area contributed by atoms with Gasteiger partial charge < -0.3 is 10.6 Å². The Kier molecular flexibility index (Phi) is 2.82. The molecule has 0 fully saturated rings. The second kappa shape index (κ2) is 4.27. The molecule has 0 aliphatic rings. The molecule has 0 aliphatic heterocycles. The zero-order chi connectivity index (χ0) is 11.5. The number of aryl methyl sites for hydroxylation is 1. The van der Waals surface area contributed by atoms with Gasteiger partial charge in [-0.05, 0) is 42.8 Å². The second-order valence-corrected chi connectivity index (χ2v) is 3.99. The molecule has 2 aromatic rings. The Morgan fingerprint density at radius 3 is 2.19 bits per heavy atom. The van der Waals surface area contributed by atoms with Gasteiger partial charge in [0.15, 0.2) is 0 Å². The molecular formula is C14H16N2. The molecular weight excluding hydrogens is 196 g/mol. The fourth-order valence-electron chi connectivity index (χ4n) is 1.72. The van der Waals surface area contributed by atoms with Crippen LogP contribution in [-0.4, -0.2) is 7.05 Å². The normalized spacial score (nSPS) is 10.1. The molecule has 2 aromatic carbocycles. The largest absolute Gasteiger partial charge is 0.399 e. The van der Waals surface area contributed by atoms with E-state index < -0.39 is 0 Å². The third-order valence-corrected chi connectivity index (χ3v) is 2.65. The van der Waals surface area contributed by atoms with E-state index in [0.29, 0.717) is 0 Å². The molecule has 0 unspecified atom stereocenters. The van der Waals surface area contributed by atoms with Gasteiger partial charge >= 0.3 is 0 Å². The van der Waals surface area contributed by atoms with Gasteiger partial charge in [0, 0.05) is 24.1 Å². The molecule has 0 radical (unpaired) electrons. The molecule has 2 rings (SSSR count). The van der Waals surface area contributed by atoms with Gasteiger partial charge in [0.2, 0.25) is 0 Å². The summed E-state index contributed by atoms with van der Waals surface area (Å²) in [5.41, 5.74) is 10.1. The standard InChI is InChI=1S/C14H16N2/c1-11-5-3-7-13(9-11)16(2)14-8-4-6-12(15)10-14/h3-10H,15H2,1-2H3. The zero-order valence-electron chi connectivity index (χ0n) is 9.64. The van der Waals surface area contributed by atoms with Crippen LogP contribution >= 0.6 is 0 Å². The summed E-state index contributed by atoms with van der Waals surface area (Å²) in [5, 5.41) is 0. The lowest BCUT2D eigenvalue weighted by Crippen LogP contribution is -2.09. The average Bonchev–Trinajstić information content (AvgIpc) is 2.28. The van der Waals surface area contributed by atoms with E-state index in [9.17, 15) is 0 Å². The molecule has 0 spiro atoms. The summed E-state index contributed by atoms with van der Waals surface area (Å²) >= 11 is 0. The third-order valence-electron chi connectivity index (χ3n) is 2.65. The molecule has 2 nitrogen and oxygen atoms in total. The summed E-state index contributed by atoms with van der Waals surface area (Å²) in [7, 11) is 2.05. The van der Waals surface area contributed by atoms with Crippen LogP contribution < -0.4 is 10.6 Å². The molecule has 82 valence electrons. The first-order valence-corrected chi connectivity index (χ1v) is 5.33. The van der Waals surface area contributed by atoms with Gasteiger partial charge in [-0.25, -0.2) is 0 Å². The van der Waals surface area contributed by atoms with Gasteiger partial charge in [-0.15, -0.1) is 0 Å². The number of rotatable bonds is 2. The lowest BCUT2D eigenvalue weighted by Gasteiger charge is -2.20. The Balaban J connectivity index is 2.35. The highest BCUT2D eigenvalue weighted by Crippen LogP contribution is 2.25. The lowest BCUT2D eigenvalue weighted by molar-refractivity contribution is 1.20. The van der Waals surface area contributed by atoms with Crippen molar-refractivity contribution in [1.29, 1.82) is 0 Å². The van der Waals surface area contributed by atoms with Crippen LogP contribution in [0.3, 0.4) is 0 Å². The molecule has 2 heteroatoms. The smallest absolute Gasteiger partial charge is 0.0428 e. The van der Waals surface area contributed by atoms with Crippen LogP contribution in [0.5, 0.6) is 0 Å². The van der Waals surface area contributed by atoms with Crippen molar-refractivity contribution in [3.05, 3.63) is 54.1 Å². The molecule has 2 N–H and O–H groups in total. The Hall–Kier alpha value is -1.96. The van der Waals surface area contributed by atoms with Crippen LogP contribution in [0.15, 0.2) is 48.5 Å². The van der Waals surface area contributed by atoms with Crippen LogP contribution in [0.4, 0.5) is 17.1 Å². The minimum Gasteiger partial charge on any atom is -0.399 e. The Morgan fingerprint density at radius 1 is 0.938 bits per heavy atom. The summed E-state index contributed by atoms with van der Waals surface area (Å²) in [6.07, 6.45) is 0. The quantitative estimate of drug-likeness (QED) is 0.773. The number of hydrogen-bond donors (Lipinski definition) is 1. The Bertz CT molecular complexity index is 446. The number of anilines is 3. The van der Waals surface area contributed by atoms with Crippen LogP contribution in [0.1, 0.15) is 5.56 Å². The maximum Gasteiger partial charge on any atom is 0.0428 e.